The number of nitrogens with zero attached hydrogens (tertiary/aromatic N) is 1. The van der Waals surface area contributed by atoms with Gasteiger partial charge >= 0.3 is 0 Å². The van der Waals surface area contributed by atoms with E-state index in [-0.39, 0.29) is 0 Å². The van der Waals surface area contributed by atoms with Gasteiger partial charge in [0.1, 0.15) is 0 Å². The van der Waals surface area contributed by atoms with Gasteiger partial charge in [-0.3, -0.25) is 0 Å². The maximum absolute atomic E-state index is 8.25. The Kier molecular flexibility index (Phi) is 9.65. The van der Waals surface area contributed by atoms with E-state index in [1.54, 1.807) is 0 Å². The van der Waals surface area contributed by atoms with Crippen molar-refractivity contribution in [2.75, 3.05) is 0 Å². The summed E-state index contributed by atoms with van der Waals surface area (Å²) in [4.78, 5) is 0. The van der Waals surface area contributed by atoms with E-state index < -0.39 is 0 Å². The van der Waals surface area contributed by atoms with E-state index in [9.17, 15) is 0 Å². The summed E-state index contributed by atoms with van der Waals surface area (Å²) in [5, 5.41) is 8.25. The molecule has 0 aliphatic carbocycles. The van der Waals surface area contributed by atoms with Gasteiger partial charge in [0.15, 0.2) is 0 Å². The van der Waals surface area contributed by atoms with Crippen molar-refractivity contribution in [3.8, 4) is 6.07 Å². The summed E-state index contributed by atoms with van der Waals surface area (Å²) >= 11 is 0. The topological polar surface area (TPSA) is 23.8 Å². The molecule has 1 nitrogen and oxygen atoms in total. The summed E-state index contributed by atoms with van der Waals surface area (Å²) in [5.74, 6) is 0. The van der Waals surface area contributed by atoms with Crippen molar-refractivity contribution in [2.45, 2.75) is 32.6 Å². The average molecular weight is 175 g/mol. The van der Waals surface area contributed by atoms with E-state index in [4.69, 9.17) is 5.26 Å². The van der Waals surface area contributed by atoms with Gasteiger partial charge in [-0.1, -0.05) is 36.5 Å². The highest BCUT2D eigenvalue weighted by atomic mass is 14.2. The molecule has 0 aromatic carbocycles. The predicted molar refractivity (Wildman–Crippen MR) is 57.2 cm³/mol. The molecule has 0 saturated heterocycles. The van der Waals surface area contributed by atoms with Gasteiger partial charge in [-0.15, -0.1) is 0 Å². The Labute approximate surface area is 81.1 Å². The number of nitriles is 1. The zero-order chi connectivity index (χ0) is 9.78. The summed E-state index contributed by atoms with van der Waals surface area (Å²) in [7, 11) is 0. The zero-order valence-corrected chi connectivity index (χ0v) is 8.24. The molecule has 0 aromatic rings. The van der Waals surface area contributed by atoms with Crippen molar-refractivity contribution in [3.63, 3.8) is 0 Å². The molecule has 0 aliphatic heterocycles. The van der Waals surface area contributed by atoms with Gasteiger partial charge in [0.2, 0.25) is 0 Å². The Morgan fingerprint density at radius 2 is 1.85 bits per heavy atom. The second-order valence-electron chi connectivity index (χ2n) is 2.72. The molecule has 13 heavy (non-hydrogen) atoms. The maximum Gasteiger partial charge on any atom is 0.0663 e. The first-order valence-electron chi connectivity index (χ1n) is 4.71. The van der Waals surface area contributed by atoms with Gasteiger partial charge in [-0.05, 0) is 26.2 Å². The third kappa shape index (κ3) is 10.7. The smallest absolute Gasteiger partial charge is 0.0663 e. The third-order valence-electron chi connectivity index (χ3n) is 1.56. The van der Waals surface area contributed by atoms with Gasteiger partial charge in [0, 0.05) is 0 Å². The normalized spacial score (nSPS) is 11.7. The highest BCUT2D eigenvalue weighted by Gasteiger charge is 1.79. The van der Waals surface area contributed by atoms with E-state index >= 15 is 0 Å². The van der Waals surface area contributed by atoms with Crippen LogP contribution in [0.4, 0.5) is 0 Å². The van der Waals surface area contributed by atoms with E-state index in [1.165, 1.54) is 0 Å². The van der Waals surface area contributed by atoms with Crippen molar-refractivity contribution in [1.82, 2.24) is 0 Å². The van der Waals surface area contributed by atoms with Crippen molar-refractivity contribution < 1.29 is 0 Å². The molecule has 0 aliphatic rings. The highest BCUT2D eigenvalue weighted by Crippen LogP contribution is 1.98. The first-order chi connectivity index (χ1) is 6.41. The van der Waals surface area contributed by atoms with Crippen molar-refractivity contribution in [2.24, 2.45) is 0 Å². The van der Waals surface area contributed by atoms with E-state index in [2.05, 4.69) is 24.3 Å². The molecule has 70 valence electrons. The Bertz CT molecular complexity index is 216. The standard InChI is InChI=1S/C12H17N/c1-2-3-4-5-6-7-8-9-10-11-12-13/h2-5,9-10H,6-8,11H2,1H3/b3-2+,5-4+,10-9+. The number of allylic oxidation sites excluding steroid dienone is 6. The van der Waals surface area contributed by atoms with Crippen molar-refractivity contribution >= 4 is 0 Å². The van der Waals surface area contributed by atoms with Crippen LogP contribution in [0.15, 0.2) is 36.5 Å². The fourth-order valence-corrected chi connectivity index (χ4v) is 0.893. The number of rotatable bonds is 6. The lowest BCUT2D eigenvalue weighted by Gasteiger charge is -1.88. The molecule has 0 heterocycles. The fraction of sp³-hybridized carbons (Fsp3) is 0.417. The third-order valence-corrected chi connectivity index (χ3v) is 1.56. The van der Waals surface area contributed by atoms with E-state index in [0.29, 0.717) is 6.42 Å². The zero-order valence-electron chi connectivity index (χ0n) is 8.24. The van der Waals surface area contributed by atoms with Crippen LogP contribution in [0.25, 0.3) is 0 Å². The summed E-state index contributed by atoms with van der Waals surface area (Å²) in [6.07, 6.45) is 16.2. The maximum atomic E-state index is 8.25. The fourth-order valence-electron chi connectivity index (χ4n) is 0.893. The van der Waals surface area contributed by atoms with Crippen molar-refractivity contribution in [1.29, 1.82) is 5.26 Å². The molecular weight excluding hydrogens is 158 g/mol. The second kappa shape index (κ2) is 10.7. The molecule has 0 bridgehead atoms. The van der Waals surface area contributed by atoms with Gasteiger partial charge in [-0.2, -0.15) is 5.26 Å². The van der Waals surface area contributed by atoms with Crippen LogP contribution < -0.4 is 0 Å². The van der Waals surface area contributed by atoms with Gasteiger partial charge in [0.25, 0.3) is 0 Å². The second-order valence-corrected chi connectivity index (χ2v) is 2.72. The minimum Gasteiger partial charge on any atom is -0.198 e. The highest BCUT2D eigenvalue weighted by molar-refractivity contribution is 5.01. The molecule has 0 unspecified atom stereocenters. The van der Waals surface area contributed by atoms with Crippen LogP contribution in [0, 0.1) is 11.3 Å². The lowest BCUT2D eigenvalue weighted by atomic mass is 10.2. The average Bonchev–Trinajstić information content (AvgIpc) is 2.16. The number of unbranched alkanes of at least 4 members (excludes halogenated alkanes) is 2. The molecule has 0 spiro atoms. The lowest BCUT2D eigenvalue weighted by molar-refractivity contribution is 0.866. The minimum absolute atomic E-state index is 0.536. The molecular formula is C12H17N. The van der Waals surface area contributed by atoms with Crippen LogP contribution in [-0.4, -0.2) is 0 Å². The van der Waals surface area contributed by atoms with Crippen LogP contribution >= 0.6 is 0 Å². The lowest BCUT2D eigenvalue weighted by Crippen LogP contribution is -1.68. The Morgan fingerprint density at radius 3 is 2.54 bits per heavy atom. The monoisotopic (exact) mass is 175 g/mol. The number of hydrogen-bond acceptors (Lipinski definition) is 1. The number of hydrogen-bond donors (Lipinski definition) is 0. The molecule has 0 rings (SSSR count). The van der Waals surface area contributed by atoms with Crippen LogP contribution in [0.5, 0.6) is 0 Å². The SMILES string of the molecule is C/C=C/C=C/CCC/C=C/CC#N. The molecule has 0 aromatic heterocycles. The van der Waals surface area contributed by atoms with Crippen LogP contribution in [0.1, 0.15) is 32.6 Å². The molecule has 1 heteroatoms. The summed E-state index contributed by atoms with van der Waals surface area (Å²) in [6.45, 7) is 2.01. The Balaban J connectivity index is 3.22. The predicted octanol–water partition coefficient (Wildman–Crippen LogP) is 3.76. The quantitative estimate of drug-likeness (QED) is 0.342. The Hall–Kier alpha value is -1.29. The Morgan fingerprint density at radius 1 is 1.08 bits per heavy atom. The van der Waals surface area contributed by atoms with E-state index in [1.807, 2.05) is 25.2 Å². The van der Waals surface area contributed by atoms with E-state index in [0.717, 1.165) is 19.3 Å². The summed E-state index contributed by atoms with van der Waals surface area (Å²) in [6, 6.07) is 2.08. The molecule has 0 saturated carbocycles. The molecule has 0 amide bonds. The van der Waals surface area contributed by atoms with Crippen LogP contribution in [0.3, 0.4) is 0 Å². The molecule has 0 atom stereocenters. The van der Waals surface area contributed by atoms with Crippen molar-refractivity contribution in [3.05, 3.63) is 36.5 Å². The first-order valence-corrected chi connectivity index (χ1v) is 4.71. The van der Waals surface area contributed by atoms with Crippen LogP contribution in [-0.2, 0) is 0 Å². The summed E-state index contributed by atoms with van der Waals surface area (Å²) in [5.41, 5.74) is 0. The van der Waals surface area contributed by atoms with Gasteiger partial charge < -0.3 is 0 Å². The van der Waals surface area contributed by atoms with Gasteiger partial charge in [0.05, 0.1) is 12.5 Å². The summed E-state index contributed by atoms with van der Waals surface area (Å²) < 4.78 is 0. The van der Waals surface area contributed by atoms with Crippen LogP contribution in [0.2, 0.25) is 0 Å². The minimum atomic E-state index is 0.536. The molecule has 0 N–H and O–H groups in total. The molecule has 0 radical (unpaired) electrons. The van der Waals surface area contributed by atoms with Gasteiger partial charge in [-0.25, -0.2) is 0 Å². The first kappa shape index (κ1) is 11.7. The molecule has 0 fully saturated rings. The largest absolute Gasteiger partial charge is 0.198 e.